The highest BCUT2D eigenvalue weighted by atomic mass is 35.5. The van der Waals surface area contributed by atoms with Crippen molar-refractivity contribution in [3.63, 3.8) is 0 Å². The number of hydrogen-bond acceptors (Lipinski definition) is 6. The van der Waals surface area contributed by atoms with Crippen molar-refractivity contribution in [3.05, 3.63) is 30.1 Å². The maximum Gasteiger partial charge on any atom is 0.259 e. The fourth-order valence-corrected chi connectivity index (χ4v) is 3.90. The summed E-state index contributed by atoms with van der Waals surface area (Å²) >= 11 is 1.46. The molecule has 1 fully saturated rings. The van der Waals surface area contributed by atoms with E-state index in [0.29, 0.717) is 17.5 Å². The minimum atomic E-state index is -0.471. The minimum Gasteiger partial charge on any atom is -0.353 e. The Kier molecular flexibility index (Phi) is 7.08. The van der Waals surface area contributed by atoms with Gasteiger partial charge in [-0.1, -0.05) is 30.1 Å². The summed E-state index contributed by atoms with van der Waals surface area (Å²) in [7, 11) is 0. The molecule has 8 heteroatoms. The Morgan fingerprint density at radius 2 is 2.04 bits per heavy atom. The molecule has 1 aliphatic rings. The van der Waals surface area contributed by atoms with Gasteiger partial charge in [0.05, 0.1) is 16.9 Å². The molecule has 1 heterocycles. The third kappa shape index (κ3) is 4.78. The second-order valence-corrected chi connectivity index (χ2v) is 7.81. The Balaban J connectivity index is 0.00000243. The van der Waals surface area contributed by atoms with Gasteiger partial charge in [0.1, 0.15) is 0 Å². The Bertz CT molecular complexity index is 744. The average molecular weight is 397 g/mol. The largest absolute Gasteiger partial charge is 0.353 e. The number of aromatic nitrogens is 2. The van der Waals surface area contributed by atoms with E-state index >= 15 is 0 Å². The van der Waals surface area contributed by atoms with Crippen LogP contribution in [-0.4, -0.2) is 27.8 Å². The molecule has 3 N–H and O–H groups in total. The summed E-state index contributed by atoms with van der Waals surface area (Å²) < 4.78 is 5.49. The first-order valence-corrected chi connectivity index (χ1v) is 9.61. The molecule has 1 saturated carbocycles. The predicted molar refractivity (Wildman–Crippen MR) is 105 cm³/mol. The Labute approximate surface area is 164 Å². The van der Waals surface area contributed by atoms with Crippen LogP contribution in [0.25, 0.3) is 11.5 Å². The van der Waals surface area contributed by atoms with E-state index in [0.717, 1.165) is 36.1 Å². The summed E-state index contributed by atoms with van der Waals surface area (Å²) in [5.41, 5.74) is 6.78. The van der Waals surface area contributed by atoms with Crippen LogP contribution in [0.5, 0.6) is 0 Å². The second-order valence-electron chi connectivity index (χ2n) is 6.79. The van der Waals surface area contributed by atoms with Gasteiger partial charge >= 0.3 is 0 Å². The van der Waals surface area contributed by atoms with E-state index in [1.54, 1.807) is 0 Å². The first-order chi connectivity index (χ1) is 12.0. The normalized spacial score (nSPS) is 15.7. The number of hydrogen-bond donors (Lipinski definition) is 2. The van der Waals surface area contributed by atoms with Crippen LogP contribution in [0.1, 0.15) is 45.4 Å². The summed E-state index contributed by atoms with van der Waals surface area (Å²) in [5, 5.41) is 7.01. The quantitative estimate of drug-likeness (QED) is 0.725. The average Bonchev–Trinajstić information content (AvgIpc) is 3.22. The number of nitrogens with one attached hydrogen (secondary N) is 1. The van der Waals surface area contributed by atoms with Crippen molar-refractivity contribution in [2.75, 3.05) is 5.75 Å². The number of carbonyl (C=O) groups is 1. The summed E-state index contributed by atoms with van der Waals surface area (Å²) in [6, 6.07) is 7.88. The smallest absolute Gasteiger partial charge is 0.259 e. The molecule has 3 rings (SSSR count). The van der Waals surface area contributed by atoms with Crippen LogP contribution in [0.2, 0.25) is 0 Å². The molecule has 0 aliphatic heterocycles. The van der Waals surface area contributed by atoms with E-state index < -0.39 is 5.54 Å². The topological polar surface area (TPSA) is 94.0 Å². The zero-order chi connectivity index (χ0) is 17.9. The summed E-state index contributed by atoms with van der Waals surface area (Å²) in [5.74, 6) is 1.39. The molecule has 26 heavy (non-hydrogen) atoms. The summed E-state index contributed by atoms with van der Waals surface area (Å²) in [4.78, 5) is 17.4. The van der Waals surface area contributed by atoms with Gasteiger partial charge in [-0.2, -0.15) is 4.98 Å². The van der Waals surface area contributed by atoms with Gasteiger partial charge in [-0.15, -0.1) is 24.2 Å². The zero-order valence-corrected chi connectivity index (χ0v) is 16.7. The fraction of sp³-hybridized carbons (Fsp3) is 0.500. The number of nitrogens with two attached hydrogens (primary N) is 1. The number of thioether (sulfide) groups is 1. The van der Waals surface area contributed by atoms with Gasteiger partial charge in [0.25, 0.3) is 5.89 Å². The van der Waals surface area contributed by atoms with Crippen LogP contribution >= 0.6 is 24.2 Å². The molecular formula is C18H25ClN4O2S. The van der Waals surface area contributed by atoms with Crippen molar-refractivity contribution in [3.8, 4) is 11.5 Å². The maximum absolute atomic E-state index is 11.9. The lowest BCUT2D eigenvalue weighted by Crippen LogP contribution is -2.34. The van der Waals surface area contributed by atoms with Crippen molar-refractivity contribution in [2.24, 2.45) is 5.73 Å². The molecule has 6 nitrogen and oxygen atoms in total. The van der Waals surface area contributed by atoms with Crippen molar-refractivity contribution in [1.82, 2.24) is 15.5 Å². The zero-order valence-electron chi connectivity index (χ0n) is 15.0. The molecule has 1 aromatic heterocycles. The highest BCUT2D eigenvalue weighted by Crippen LogP contribution is 2.36. The van der Waals surface area contributed by atoms with Gasteiger partial charge in [-0.05, 0) is 38.8 Å². The van der Waals surface area contributed by atoms with Gasteiger partial charge in [0.15, 0.2) is 5.82 Å². The van der Waals surface area contributed by atoms with Crippen LogP contribution in [-0.2, 0) is 10.3 Å². The van der Waals surface area contributed by atoms with E-state index in [4.69, 9.17) is 10.3 Å². The number of amides is 1. The monoisotopic (exact) mass is 396 g/mol. The van der Waals surface area contributed by atoms with E-state index in [2.05, 4.69) is 15.5 Å². The van der Waals surface area contributed by atoms with Gasteiger partial charge in [0.2, 0.25) is 5.91 Å². The van der Waals surface area contributed by atoms with E-state index in [1.165, 1.54) is 11.8 Å². The van der Waals surface area contributed by atoms with E-state index in [9.17, 15) is 4.79 Å². The molecule has 0 unspecified atom stereocenters. The highest BCUT2D eigenvalue weighted by molar-refractivity contribution is 8.00. The Morgan fingerprint density at radius 1 is 1.35 bits per heavy atom. The van der Waals surface area contributed by atoms with Crippen molar-refractivity contribution in [1.29, 1.82) is 0 Å². The number of rotatable bonds is 6. The van der Waals surface area contributed by atoms with Gasteiger partial charge < -0.3 is 15.6 Å². The molecule has 0 spiro atoms. The number of halogens is 1. The van der Waals surface area contributed by atoms with Gasteiger partial charge in [-0.25, -0.2) is 0 Å². The number of carbonyl (C=O) groups excluding carboxylic acids is 1. The summed E-state index contributed by atoms with van der Waals surface area (Å²) in [6.45, 7) is 3.89. The number of benzene rings is 1. The SMILES string of the molecule is CC(C)NC(=O)CSc1ccccc1-c1nc(C2(N)CCCC2)no1.Cl. The number of nitrogens with zero attached hydrogens (tertiary/aromatic N) is 2. The fourth-order valence-electron chi connectivity index (χ4n) is 3.04. The molecule has 0 saturated heterocycles. The third-order valence-electron chi connectivity index (χ3n) is 4.29. The van der Waals surface area contributed by atoms with Crippen LogP contribution in [0.3, 0.4) is 0 Å². The van der Waals surface area contributed by atoms with Crippen LogP contribution in [0, 0.1) is 0 Å². The molecule has 1 aromatic carbocycles. The molecule has 0 radical (unpaired) electrons. The van der Waals surface area contributed by atoms with Crippen molar-refractivity contribution >= 4 is 30.1 Å². The molecular weight excluding hydrogens is 372 g/mol. The lowest BCUT2D eigenvalue weighted by atomic mass is 9.99. The first-order valence-electron chi connectivity index (χ1n) is 8.62. The second kappa shape index (κ2) is 8.88. The van der Waals surface area contributed by atoms with Crippen LogP contribution < -0.4 is 11.1 Å². The van der Waals surface area contributed by atoms with Crippen LogP contribution in [0.4, 0.5) is 0 Å². The highest BCUT2D eigenvalue weighted by Gasteiger charge is 2.36. The summed E-state index contributed by atoms with van der Waals surface area (Å²) in [6.07, 6.45) is 3.96. The molecule has 0 bridgehead atoms. The standard InChI is InChI=1S/C18H24N4O2S.ClH/c1-12(2)20-15(23)11-25-14-8-4-3-7-13(14)16-21-17(22-24-16)18(19)9-5-6-10-18;/h3-4,7-8,12H,5-6,9-11,19H2,1-2H3,(H,20,23);1H. The van der Waals surface area contributed by atoms with Crippen LogP contribution in [0.15, 0.2) is 33.7 Å². The predicted octanol–water partition coefficient (Wildman–Crippen LogP) is 3.50. The molecule has 1 amide bonds. The Morgan fingerprint density at radius 3 is 2.73 bits per heavy atom. The van der Waals surface area contributed by atoms with Crippen molar-refractivity contribution < 1.29 is 9.32 Å². The van der Waals surface area contributed by atoms with Crippen molar-refractivity contribution in [2.45, 2.75) is 56.0 Å². The molecule has 0 atom stereocenters. The maximum atomic E-state index is 11.9. The van der Waals surface area contributed by atoms with Gasteiger partial charge in [-0.3, -0.25) is 4.79 Å². The molecule has 142 valence electrons. The van der Waals surface area contributed by atoms with E-state index in [1.807, 2.05) is 38.1 Å². The minimum absolute atomic E-state index is 0. The first kappa shape index (κ1) is 20.7. The molecule has 2 aromatic rings. The lowest BCUT2D eigenvalue weighted by molar-refractivity contribution is -0.119. The lowest BCUT2D eigenvalue weighted by Gasteiger charge is -2.17. The third-order valence-corrected chi connectivity index (χ3v) is 5.37. The van der Waals surface area contributed by atoms with Gasteiger partial charge in [0, 0.05) is 10.9 Å². The molecule has 1 aliphatic carbocycles. The van der Waals surface area contributed by atoms with E-state index in [-0.39, 0.29) is 24.4 Å². The Hall–Kier alpha value is -1.57.